The van der Waals surface area contributed by atoms with Gasteiger partial charge in [-0.25, -0.2) is 8.78 Å². The van der Waals surface area contributed by atoms with Gasteiger partial charge in [-0.1, -0.05) is 18.2 Å². The summed E-state index contributed by atoms with van der Waals surface area (Å²) < 4.78 is 31.4. The molecule has 116 valence electrons. The lowest BCUT2D eigenvalue weighted by Crippen LogP contribution is -2.27. The molecule has 0 aliphatic carbocycles. The van der Waals surface area contributed by atoms with Crippen molar-refractivity contribution in [1.82, 2.24) is 5.32 Å². The van der Waals surface area contributed by atoms with E-state index in [0.717, 1.165) is 5.56 Å². The maximum atomic E-state index is 13.5. The Bertz CT molecular complexity index is 659. The summed E-state index contributed by atoms with van der Waals surface area (Å²) in [5.74, 6) is -0.788. The molecule has 0 unspecified atom stereocenters. The molecule has 22 heavy (non-hydrogen) atoms. The highest BCUT2D eigenvalue weighted by atomic mass is 19.1. The molecule has 0 fully saturated rings. The van der Waals surface area contributed by atoms with E-state index in [4.69, 9.17) is 4.74 Å². The zero-order valence-electron chi connectivity index (χ0n) is 12.2. The van der Waals surface area contributed by atoms with Crippen LogP contribution in [0.2, 0.25) is 0 Å². The van der Waals surface area contributed by atoms with Gasteiger partial charge in [-0.3, -0.25) is 4.79 Å². The van der Waals surface area contributed by atoms with Crippen LogP contribution in [0.25, 0.3) is 0 Å². The van der Waals surface area contributed by atoms with Crippen LogP contribution in [0.3, 0.4) is 0 Å². The van der Waals surface area contributed by atoms with Crippen molar-refractivity contribution in [3.8, 4) is 5.75 Å². The minimum Gasteiger partial charge on any atom is -0.494 e. The molecule has 0 heterocycles. The van der Waals surface area contributed by atoms with Gasteiger partial charge >= 0.3 is 0 Å². The standard InChI is InChI=1S/C17H17F2NO2/c1-22-16-6-5-12(10-15(16)19)7-8-20-17(21)11-13-3-2-4-14(18)9-13/h2-6,9-10H,7-8,11H2,1H3,(H,20,21). The van der Waals surface area contributed by atoms with E-state index in [1.54, 1.807) is 24.3 Å². The minimum absolute atomic E-state index is 0.120. The Hall–Kier alpha value is -2.43. The van der Waals surface area contributed by atoms with Crippen LogP contribution in [0.4, 0.5) is 8.78 Å². The van der Waals surface area contributed by atoms with Gasteiger partial charge in [0.05, 0.1) is 13.5 Å². The Morgan fingerprint density at radius 2 is 1.95 bits per heavy atom. The number of amides is 1. The number of carbonyl (C=O) groups is 1. The van der Waals surface area contributed by atoms with Crippen LogP contribution in [-0.2, 0) is 17.6 Å². The summed E-state index contributed by atoms with van der Waals surface area (Å²) in [4.78, 5) is 11.8. The predicted molar refractivity (Wildman–Crippen MR) is 79.8 cm³/mol. The molecule has 0 aliphatic heterocycles. The summed E-state index contributed by atoms with van der Waals surface area (Å²) >= 11 is 0. The van der Waals surface area contributed by atoms with E-state index in [1.165, 1.54) is 25.3 Å². The van der Waals surface area contributed by atoms with Crippen molar-refractivity contribution >= 4 is 5.91 Å². The lowest BCUT2D eigenvalue weighted by atomic mass is 10.1. The molecule has 2 aromatic carbocycles. The molecule has 5 heteroatoms. The molecule has 0 saturated carbocycles. The molecule has 0 atom stereocenters. The van der Waals surface area contributed by atoms with Crippen molar-refractivity contribution in [1.29, 1.82) is 0 Å². The third-order valence-corrected chi connectivity index (χ3v) is 3.21. The van der Waals surface area contributed by atoms with E-state index in [-0.39, 0.29) is 23.9 Å². The van der Waals surface area contributed by atoms with Gasteiger partial charge in [0.15, 0.2) is 11.6 Å². The summed E-state index contributed by atoms with van der Waals surface area (Å²) in [5.41, 5.74) is 1.39. The van der Waals surface area contributed by atoms with Gasteiger partial charge < -0.3 is 10.1 Å². The second kappa shape index (κ2) is 7.54. The van der Waals surface area contributed by atoms with Crippen LogP contribution in [0.5, 0.6) is 5.75 Å². The summed E-state index contributed by atoms with van der Waals surface area (Å²) in [7, 11) is 1.41. The smallest absolute Gasteiger partial charge is 0.224 e. The molecule has 0 saturated heterocycles. The topological polar surface area (TPSA) is 38.3 Å². The molecular formula is C17H17F2NO2. The van der Waals surface area contributed by atoms with Crippen LogP contribution in [0, 0.1) is 11.6 Å². The maximum Gasteiger partial charge on any atom is 0.224 e. The number of ether oxygens (including phenoxy) is 1. The van der Waals surface area contributed by atoms with Crippen LogP contribution in [0.15, 0.2) is 42.5 Å². The van der Waals surface area contributed by atoms with E-state index >= 15 is 0 Å². The number of methoxy groups -OCH3 is 1. The van der Waals surface area contributed by atoms with Crippen LogP contribution < -0.4 is 10.1 Å². The molecule has 0 spiro atoms. The fraction of sp³-hybridized carbons (Fsp3) is 0.235. The third kappa shape index (κ3) is 4.55. The quantitative estimate of drug-likeness (QED) is 0.891. The van der Waals surface area contributed by atoms with E-state index in [0.29, 0.717) is 18.5 Å². The molecule has 3 nitrogen and oxygen atoms in total. The molecule has 0 aromatic heterocycles. The zero-order valence-corrected chi connectivity index (χ0v) is 12.2. The minimum atomic E-state index is -0.425. The number of carbonyl (C=O) groups excluding carboxylic acids is 1. The van der Waals surface area contributed by atoms with Crippen molar-refractivity contribution < 1.29 is 18.3 Å². The molecule has 0 radical (unpaired) electrons. The van der Waals surface area contributed by atoms with Crippen molar-refractivity contribution in [2.75, 3.05) is 13.7 Å². The number of hydrogen-bond acceptors (Lipinski definition) is 2. The summed E-state index contributed by atoms with van der Waals surface area (Å²) in [6, 6.07) is 10.6. The summed E-state index contributed by atoms with van der Waals surface area (Å²) in [6.07, 6.45) is 0.630. The van der Waals surface area contributed by atoms with E-state index in [2.05, 4.69) is 5.32 Å². The molecule has 1 amide bonds. The highest BCUT2D eigenvalue weighted by Crippen LogP contribution is 2.17. The fourth-order valence-electron chi connectivity index (χ4n) is 2.11. The number of hydrogen-bond donors (Lipinski definition) is 1. The lowest BCUT2D eigenvalue weighted by Gasteiger charge is -2.07. The molecule has 2 aromatic rings. The van der Waals surface area contributed by atoms with Crippen LogP contribution in [-0.4, -0.2) is 19.6 Å². The van der Waals surface area contributed by atoms with E-state index in [1.807, 2.05) is 0 Å². The molecule has 0 aliphatic rings. The second-order valence-electron chi connectivity index (χ2n) is 4.88. The second-order valence-corrected chi connectivity index (χ2v) is 4.88. The Kier molecular flexibility index (Phi) is 5.47. The number of nitrogens with one attached hydrogen (secondary N) is 1. The fourth-order valence-corrected chi connectivity index (χ4v) is 2.11. The lowest BCUT2D eigenvalue weighted by molar-refractivity contribution is -0.120. The first-order valence-electron chi connectivity index (χ1n) is 6.92. The monoisotopic (exact) mass is 305 g/mol. The first-order chi connectivity index (χ1) is 10.6. The SMILES string of the molecule is COc1ccc(CCNC(=O)Cc2cccc(F)c2)cc1F. The van der Waals surface area contributed by atoms with E-state index in [9.17, 15) is 13.6 Å². The third-order valence-electron chi connectivity index (χ3n) is 3.21. The number of rotatable bonds is 6. The molecule has 2 rings (SSSR count). The van der Waals surface area contributed by atoms with Crippen LogP contribution >= 0.6 is 0 Å². The molecular weight excluding hydrogens is 288 g/mol. The van der Waals surface area contributed by atoms with Gasteiger partial charge in [0.2, 0.25) is 5.91 Å². The Morgan fingerprint density at radius 3 is 2.64 bits per heavy atom. The number of benzene rings is 2. The molecule has 0 bridgehead atoms. The Balaban J connectivity index is 1.81. The van der Waals surface area contributed by atoms with Gasteiger partial charge in [-0.05, 0) is 41.8 Å². The van der Waals surface area contributed by atoms with E-state index < -0.39 is 5.82 Å². The highest BCUT2D eigenvalue weighted by Gasteiger charge is 2.06. The van der Waals surface area contributed by atoms with Crippen molar-refractivity contribution in [2.45, 2.75) is 12.8 Å². The number of halogens is 2. The zero-order chi connectivity index (χ0) is 15.9. The summed E-state index contributed by atoms with van der Waals surface area (Å²) in [6.45, 7) is 0.389. The van der Waals surface area contributed by atoms with Gasteiger partial charge in [0, 0.05) is 6.54 Å². The normalized spacial score (nSPS) is 10.3. The predicted octanol–water partition coefficient (Wildman–Crippen LogP) is 2.87. The van der Waals surface area contributed by atoms with Crippen molar-refractivity contribution in [2.24, 2.45) is 0 Å². The van der Waals surface area contributed by atoms with Gasteiger partial charge in [-0.15, -0.1) is 0 Å². The van der Waals surface area contributed by atoms with Crippen LogP contribution in [0.1, 0.15) is 11.1 Å². The van der Waals surface area contributed by atoms with Gasteiger partial charge in [-0.2, -0.15) is 0 Å². The average molecular weight is 305 g/mol. The Labute approximate surface area is 127 Å². The first-order valence-corrected chi connectivity index (χ1v) is 6.92. The molecule has 1 N–H and O–H groups in total. The van der Waals surface area contributed by atoms with Gasteiger partial charge in [0.25, 0.3) is 0 Å². The maximum absolute atomic E-state index is 13.5. The first kappa shape index (κ1) is 15.9. The Morgan fingerprint density at radius 1 is 1.14 bits per heavy atom. The average Bonchev–Trinajstić information content (AvgIpc) is 2.47. The highest BCUT2D eigenvalue weighted by molar-refractivity contribution is 5.78. The van der Waals surface area contributed by atoms with Crippen molar-refractivity contribution in [3.05, 3.63) is 65.2 Å². The summed E-state index contributed by atoms with van der Waals surface area (Å²) in [5, 5.41) is 2.73. The van der Waals surface area contributed by atoms with Crippen molar-refractivity contribution in [3.63, 3.8) is 0 Å². The van der Waals surface area contributed by atoms with Gasteiger partial charge in [0.1, 0.15) is 5.82 Å². The largest absolute Gasteiger partial charge is 0.494 e.